The lowest BCUT2D eigenvalue weighted by Gasteiger charge is -2.56. The molecule has 0 spiro atoms. The van der Waals surface area contributed by atoms with E-state index in [2.05, 4.69) is 18.8 Å². The fraction of sp³-hybridized carbons (Fsp3) is 0.786. The number of carbonyl (C=O) groups excluding carboxylic acids is 1. The normalized spacial score (nSPS) is 41.2. The van der Waals surface area contributed by atoms with Gasteiger partial charge >= 0.3 is 0 Å². The second-order valence-electron chi connectivity index (χ2n) is 10.8. The summed E-state index contributed by atoms with van der Waals surface area (Å²) >= 11 is 1.40. The van der Waals surface area contributed by atoms with Crippen LogP contribution in [0.5, 0.6) is 0 Å². The van der Waals surface area contributed by atoms with E-state index in [0.717, 1.165) is 47.0 Å². The Morgan fingerprint density at radius 2 is 1.84 bits per heavy atom. The summed E-state index contributed by atoms with van der Waals surface area (Å²) in [5.74, 6) is 5.88. The molecule has 4 saturated carbocycles. The summed E-state index contributed by atoms with van der Waals surface area (Å²) in [6.07, 6.45) is 15.6. The molecule has 3 heteroatoms. The first-order valence-electron chi connectivity index (χ1n) is 13.2. The predicted octanol–water partition coefficient (Wildman–Crippen LogP) is 8.02. The molecule has 0 N–H and O–H groups in total. The van der Waals surface area contributed by atoms with Crippen molar-refractivity contribution < 1.29 is 4.79 Å². The van der Waals surface area contributed by atoms with Gasteiger partial charge in [0.1, 0.15) is 5.03 Å². The van der Waals surface area contributed by atoms with E-state index in [1.54, 1.807) is 6.20 Å². The Morgan fingerprint density at radius 1 is 1.03 bits per heavy atom. The summed E-state index contributed by atoms with van der Waals surface area (Å²) in [7, 11) is 0. The molecule has 8 atom stereocenters. The number of nitrogens with zero attached hydrogens (tertiary/aromatic N) is 1. The van der Waals surface area contributed by atoms with E-state index in [4.69, 9.17) is 0 Å². The lowest BCUT2D eigenvalue weighted by molar-refractivity contribution is -0.122. The van der Waals surface area contributed by atoms with Crippen LogP contribution in [-0.2, 0) is 4.79 Å². The molecule has 0 saturated heterocycles. The lowest BCUT2D eigenvalue weighted by Crippen LogP contribution is -2.49. The van der Waals surface area contributed by atoms with E-state index in [-0.39, 0.29) is 11.3 Å². The minimum atomic E-state index is 0.230. The Kier molecular flexibility index (Phi) is 7.51. The van der Waals surface area contributed by atoms with E-state index in [9.17, 15) is 4.79 Å². The quantitative estimate of drug-likeness (QED) is 0.445. The van der Waals surface area contributed by atoms with Gasteiger partial charge in [0, 0.05) is 12.1 Å². The maximum Gasteiger partial charge on any atom is 0.198 e. The van der Waals surface area contributed by atoms with E-state index >= 15 is 0 Å². The van der Waals surface area contributed by atoms with Crippen molar-refractivity contribution in [3.63, 3.8) is 0 Å². The van der Waals surface area contributed by atoms with Crippen molar-refractivity contribution in [2.75, 3.05) is 0 Å². The first-order chi connectivity index (χ1) is 15.1. The number of hydrogen-bond acceptors (Lipinski definition) is 3. The van der Waals surface area contributed by atoms with Gasteiger partial charge in [0.05, 0.1) is 0 Å². The van der Waals surface area contributed by atoms with Crippen molar-refractivity contribution >= 4 is 16.9 Å². The van der Waals surface area contributed by atoms with Crippen molar-refractivity contribution in [1.29, 1.82) is 0 Å². The zero-order valence-electron chi connectivity index (χ0n) is 20.2. The SMILES string of the molecule is CC.CCC1CCC2C(CCC3C2CCC2(C)C(C(=O)Sc4ccccn4)CCC32)C1. The van der Waals surface area contributed by atoms with Crippen LogP contribution in [0.1, 0.15) is 91.9 Å². The van der Waals surface area contributed by atoms with Crippen LogP contribution in [-0.4, -0.2) is 10.1 Å². The van der Waals surface area contributed by atoms with Crippen LogP contribution in [0.2, 0.25) is 0 Å². The Bertz CT molecular complexity index is 736. The van der Waals surface area contributed by atoms with Crippen LogP contribution in [0.25, 0.3) is 0 Å². The number of aromatic nitrogens is 1. The highest BCUT2D eigenvalue weighted by Gasteiger charge is 2.58. The van der Waals surface area contributed by atoms with Crippen LogP contribution in [0, 0.1) is 46.8 Å². The zero-order chi connectivity index (χ0) is 22.0. The van der Waals surface area contributed by atoms with Gasteiger partial charge < -0.3 is 0 Å². The van der Waals surface area contributed by atoms with Crippen LogP contribution in [0.15, 0.2) is 29.4 Å². The van der Waals surface area contributed by atoms with Crippen molar-refractivity contribution in [2.45, 2.75) is 96.9 Å². The molecule has 5 rings (SSSR count). The molecule has 0 radical (unpaired) electrons. The summed E-state index contributed by atoms with van der Waals surface area (Å²) in [6, 6.07) is 5.88. The molecule has 4 fully saturated rings. The highest BCUT2D eigenvalue weighted by Crippen LogP contribution is 2.65. The van der Waals surface area contributed by atoms with Crippen LogP contribution in [0.3, 0.4) is 0 Å². The van der Waals surface area contributed by atoms with E-state index in [1.807, 2.05) is 32.0 Å². The van der Waals surface area contributed by atoms with Crippen LogP contribution in [0.4, 0.5) is 0 Å². The van der Waals surface area contributed by atoms with Gasteiger partial charge in [-0.1, -0.05) is 46.6 Å². The van der Waals surface area contributed by atoms with Gasteiger partial charge in [-0.25, -0.2) is 4.98 Å². The van der Waals surface area contributed by atoms with Crippen molar-refractivity contribution in [3.8, 4) is 0 Å². The Balaban J connectivity index is 0.00000112. The van der Waals surface area contributed by atoms with Crippen molar-refractivity contribution in [3.05, 3.63) is 24.4 Å². The first-order valence-corrected chi connectivity index (χ1v) is 14.0. The Morgan fingerprint density at radius 3 is 2.58 bits per heavy atom. The minimum Gasteiger partial charge on any atom is -0.286 e. The Hall–Kier alpha value is -0.830. The second kappa shape index (κ2) is 9.98. The van der Waals surface area contributed by atoms with Gasteiger partial charge in [-0.2, -0.15) is 0 Å². The topological polar surface area (TPSA) is 30.0 Å². The monoisotopic (exact) mass is 441 g/mol. The average molecular weight is 442 g/mol. The molecule has 4 aliphatic carbocycles. The summed E-state index contributed by atoms with van der Waals surface area (Å²) in [5, 5.41) is 1.25. The molecule has 1 aromatic rings. The van der Waals surface area contributed by atoms with Crippen molar-refractivity contribution in [2.24, 2.45) is 46.8 Å². The first kappa shape index (κ1) is 23.3. The molecule has 31 heavy (non-hydrogen) atoms. The van der Waals surface area contributed by atoms with E-state index in [1.165, 1.54) is 69.5 Å². The Labute approximate surface area is 194 Å². The fourth-order valence-corrected chi connectivity index (χ4v) is 9.29. The molecule has 1 aromatic heterocycles. The summed E-state index contributed by atoms with van der Waals surface area (Å²) in [6.45, 7) is 8.86. The molecular weight excluding hydrogens is 398 g/mol. The van der Waals surface area contributed by atoms with Gasteiger partial charge in [-0.3, -0.25) is 4.79 Å². The lowest BCUT2D eigenvalue weighted by atomic mass is 9.49. The van der Waals surface area contributed by atoms with Gasteiger partial charge in [0.25, 0.3) is 0 Å². The van der Waals surface area contributed by atoms with Crippen LogP contribution < -0.4 is 0 Å². The summed E-state index contributed by atoms with van der Waals surface area (Å²) in [5.41, 5.74) is 0.230. The van der Waals surface area contributed by atoms with Gasteiger partial charge in [-0.15, -0.1) is 0 Å². The molecule has 0 bridgehead atoms. The molecule has 172 valence electrons. The fourth-order valence-electron chi connectivity index (χ4n) is 8.29. The standard InChI is InChI=1S/C26H37NOS.C2H6/c1-3-17-7-9-19-18(16-17)8-10-21-20(19)13-14-26(2)22(21)11-12-23(26)25(28)29-24-6-4-5-15-27-24;1-2/h4-6,15,17-23H,3,7-14,16H2,1-2H3;1-2H3. The third-order valence-corrected chi connectivity index (χ3v) is 10.7. The third kappa shape index (κ3) is 4.37. The van der Waals surface area contributed by atoms with E-state index in [0.29, 0.717) is 5.12 Å². The number of fused-ring (bicyclic) bond motifs is 5. The van der Waals surface area contributed by atoms with Crippen LogP contribution >= 0.6 is 11.8 Å². The summed E-state index contributed by atoms with van der Waals surface area (Å²) < 4.78 is 0. The molecule has 8 unspecified atom stereocenters. The number of hydrogen-bond donors (Lipinski definition) is 0. The number of pyridine rings is 1. The molecule has 0 aliphatic heterocycles. The molecule has 1 heterocycles. The highest BCUT2D eigenvalue weighted by molar-refractivity contribution is 8.13. The van der Waals surface area contributed by atoms with E-state index < -0.39 is 0 Å². The predicted molar refractivity (Wildman–Crippen MR) is 131 cm³/mol. The summed E-state index contributed by atoms with van der Waals surface area (Å²) in [4.78, 5) is 17.6. The molecular formula is C28H43NOS. The zero-order valence-corrected chi connectivity index (χ0v) is 21.0. The van der Waals surface area contributed by atoms with Gasteiger partial charge in [-0.05, 0) is 116 Å². The maximum atomic E-state index is 13.3. The number of rotatable bonds is 3. The highest BCUT2D eigenvalue weighted by atomic mass is 32.2. The molecule has 0 aromatic carbocycles. The number of carbonyl (C=O) groups is 1. The smallest absolute Gasteiger partial charge is 0.198 e. The second-order valence-corrected chi connectivity index (χ2v) is 11.8. The molecule has 4 aliphatic rings. The van der Waals surface area contributed by atoms with Crippen molar-refractivity contribution in [1.82, 2.24) is 4.98 Å². The maximum absolute atomic E-state index is 13.3. The largest absolute Gasteiger partial charge is 0.286 e. The molecule has 2 nitrogen and oxygen atoms in total. The van der Waals surface area contributed by atoms with Gasteiger partial charge in [0.2, 0.25) is 0 Å². The molecule has 0 amide bonds. The number of thioether (sulfide) groups is 1. The third-order valence-electron chi connectivity index (χ3n) is 9.77. The van der Waals surface area contributed by atoms with Gasteiger partial charge in [0.15, 0.2) is 5.12 Å². The minimum absolute atomic E-state index is 0.230. The average Bonchev–Trinajstić information content (AvgIpc) is 3.18.